The van der Waals surface area contributed by atoms with Crippen LogP contribution in [0.3, 0.4) is 0 Å². The van der Waals surface area contributed by atoms with E-state index in [9.17, 15) is 15.3 Å². The van der Waals surface area contributed by atoms with Crippen molar-refractivity contribution in [3.8, 4) is 12.1 Å². The Hall–Kier alpha value is -1.91. The van der Waals surface area contributed by atoms with Crippen LogP contribution in [0.25, 0.3) is 0 Å². The van der Waals surface area contributed by atoms with Gasteiger partial charge in [0.05, 0.1) is 0 Å². The maximum absolute atomic E-state index is 12.1. The molecule has 0 unspecified atom stereocenters. The monoisotopic (exact) mass is 370 g/mol. The van der Waals surface area contributed by atoms with Crippen LogP contribution >= 0.6 is 0 Å². The van der Waals surface area contributed by atoms with E-state index in [1.807, 2.05) is 18.2 Å². The number of Topliss-reactive ketones (excluding diaryl/α,β-unsaturated/α-hetero) is 1. The van der Waals surface area contributed by atoms with Crippen molar-refractivity contribution in [2.75, 3.05) is 0 Å². The summed E-state index contributed by atoms with van der Waals surface area (Å²) < 4.78 is 7.05. The average Bonchev–Trinajstić information content (AvgIpc) is 3.23. The quantitative estimate of drug-likeness (QED) is 0.737. The number of nitriles is 2. The van der Waals surface area contributed by atoms with Crippen LogP contribution in [0.15, 0.2) is 40.9 Å². The first-order chi connectivity index (χ1) is 11.2. The van der Waals surface area contributed by atoms with Gasteiger partial charge in [0.25, 0.3) is 0 Å². The van der Waals surface area contributed by atoms with Crippen molar-refractivity contribution in [2.45, 2.75) is 25.0 Å². The third-order valence-corrected chi connectivity index (χ3v) is 7.15. The van der Waals surface area contributed by atoms with Gasteiger partial charge in [-0.05, 0) is 0 Å². The third kappa shape index (κ3) is 2.09. The summed E-state index contributed by atoms with van der Waals surface area (Å²) in [4.78, 5) is 14.2. The van der Waals surface area contributed by atoms with Gasteiger partial charge in [0.2, 0.25) is 0 Å². The third-order valence-electron chi connectivity index (χ3n) is 5.12. The van der Waals surface area contributed by atoms with Crippen LogP contribution in [0.1, 0.15) is 12.8 Å². The van der Waals surface area contributed by atoms with Crippen LogP contribution in [0, 0.1) is 39.9 Å². The zero-order valence-corrected chi connectivity index (χ0v) is 14.0. The second-order valence-electron chi connectivity index (χ2n) is 6.31. The first-order valence-electron chi connectivity index (χ1n) is 7.60. The Morgan fingerprint density at radius 2 is 2.00 bits per heavy atom. The van der Waals surface area contributed by atoms with E-state index in [1.165, 1.54) is 4.46 Å². The van der Waals surface area contributed by atoms with E-state index in [1.54, 1.807) is 0 Å². The fraction of sp³-hybridized carbons (Fsp3) is 0.389. The zero-order valence-electron chi connectivity index (χ0n) is 12.3. The molecule has 2 heterocycles. The molecule has 0 N–H and O–H groups in total. The van der Waals surface area contributed by atoms with E-state index in [0.717, 1.165) is 5.57 Å². The predicted octanol–water partition coefficient (Wildman–Crippen LogP) is 1.31. The molecule has 1 aliphatic carbocycles. The van der Waals surface area contributed by atoms with Crippen LogP contribution in [-0.2, 0) is 9.53 Å². The van der Waals surface area contributed by atoms with E-state index in [2.05, 4.69) is 29.2 Å². The van der Waals surface area contributed by atoms with Gasteiger partial charge < -0.3 is 0 Å². The van der Waals surface area contributed by atoms with Crippen molar-refractivity contribution < 1.29 is 9.53 Å². The van der Waals surface area contributed by atoms with E-state index < -0.39 is 11.5 Å². The molecule has 4 rings (SSSR count). The van der Waals surface area contributed by atoms with Gasteiger partial charge >= 0.3 is 141 Å². The molecule has 0 aromatic heterocycles. The Balaban J connectivity index is 1.70. The molecule has 1 aromatic carbocycles. The van der Waals surface area contributed by atoms with Crippen molar-refractivity contribution in [1.82, 2.24) is 0 Å². The summed E-state index contributed by atoms with van der Waals surface area (Å²) in [7, 11) is 0. The summed E-state index contributed by atoms with van der Waals surface area (Å²) >= 11 is 0.132. The molecule has 0 radical (unpaired) electrons. The molecule has 4 nitrogen and oxygen atoms in total. The molecular weight excluding hydrogens is 355 g/mol. The van der Waals surface area contributed by atoms with Crippen molar-refractivity contribution in [2.24, 2.45) is 17.3 Å². The van der Waals surface area contributed by atoms with Crippen LogP contribution < -0.4 is 4.46 Å². The number of carbonyl (C=O) groups excluding carboxylic acids is 1. The van der Waals surface area contributed by atoms with Gasteiger partial charge in [0.15, 0.2) is 0 Å². The van der Waals surface area contributed by atoms with E-state index >= 15 is 0 Å². The maximum atomic E-state index is 12.1. The zero-order chi connectivity index (χ0) is 16.0. The Kier molecular flexibility index (Phi) is 3.39. The molecule has 114 valence electrons. The van der Waals surface area contributed by atoms with Gasteiger partial charge in [-0.2, -0.15) is 0 Å². The fourth-order valence-electron chi connectivity index (χ4n) is 4.17. The summed E-state index contributed by atoms with van der Waals surface area (Å²) in [6, 6.07) is 14.6. The van der Waals surface area contributed by atoms with Gasteiger partial charge in [-0.25, -0.2) is 0 Å². The molecular formula is C18H14N2O2Se. The SMILES string of the molecule is N#CC1(C#N)C/C(=C\[Se]c2ccccc2)[C@H]2[C@@H]1[C@@H]1CC(=O)[C@H]2O1. The van der Waals surface area contributed by atoms with Gasteiger partial charge in [0.1, 0.15) is 0 Å². The van der Waals surface area contributed by atoms with Crippen LogP contribution in [0.4, 0.5) is 0 Å². The topological polar surface area (TPSA) is 73.9 Å². The molecule has 4 atom stereocenters. The Bertz CT molecular complexity index is 760. The minimum atomic E-state index is -1.04. The number of ether oxygens (including phenoxy) is 1. The Morgan fingerprint density at radius 1 is 1.26 bits per heavy atom. The van der Waals surface area contributed by atoms with E-state index in [-0.39, 0.29) is 38.7 Å². The standard InChI is InChI=1S/C18H14N2O2Se/c19-9-18(10-20)7-11(8-23-12-4-2-1-3-5-12)15-16(18)14-6-13(21)17(15)22-14/h1-5,8,14-17H,6-7H2/b11-8+/t14-,15-,16-,17+/m0/s1. The van der Waals surface area contributed by atoms with Crippen LogP contribution in [0.2, 0.25) is 0 Å². The average molecular weight is 369 g/mol. The molecule has 5 heteroatoms. The van der Waals surface area contributed by atoms with Crippen molar-refractivity contribution in [1.29, 1.82) is 10.5 Å². The Morgan fingerprint density at radius 3 is 2.70 bits per heavy atom. The minimum absolute atomic E-state index is 0.0777. The number of hydrogen-bond donors (Lipinski definition) is 0. The molecule has 23 heavy (non-hydrogen) atoms. The molecule has 0 spiro atoms. The Labute approximate surface area is 140 Å². The van der Waals surface area contributed by atoms with E-state index in [0.29, 0.717) is 12.8 Å². The van der Waals surface area contributed by atoms with Crippen molar-refractivity contribution in [3.63, 3.8) is 0 Å². The summed E-state index contributed by atoms with van der Waals surface area (Å²) in [6.45, 7) is 0. The second kappa shape index (κ2) is 5.32. The number of rotatable bonds is 2. The molecule has 1 saturated carbocycles. The molecule has 2 aliphatic heterocycles. The normalized spacial score (nSPS) is 35.0. The summed E-state index contributed by atoms with van der Waals surface area (Å²) in [5.41, 5.74) is 0.0335. The van der Waals surface area contributed by atoms with Gasteiger partial charge in [-0.1, -0.05) is 0 Å². The number of fused-ring (bicyclic) bond motifs is 5. The summed E-state index contributed by atoms with van der Waals surface area (Å²) in [5, 5.41) is 19.3. The van der Waals surface area contributed by atoms with Crippen LogP contribution in [0.5, 0.6) is 0 Å². The van der Waals surface area contributed by atoms with Crippen LogP contribution in [-0.4, -0.2) is 32.9 Å². The summed E-state index contributed by atoms with van der Waals surface area (Å²) in [5.74, 6) is -0.106. The van der Waals surface area contributed by atoms with Gasteiger partial charge in [-0.3, -0.25) is 0 Å². The fourth-order valence-corrected chi connectivity index (χ4v) is 5.93. The molecule has 1 aromatic rings. The first-order valence-corrected chi connectivity index (χ1v) is 9.44. The molecule has 2 bridgehead atoms. The molecule has 0 amide bonds. The van der Waals surface area contributed by atoms with Crippen molar-refractivity contribution >= 4 is 25.2 Å². The number of nitrogens with zero attached hydrogens (tertiary/aromatic N) is 2. The summed E-state index contributed by atoms with van der Waals surface area (Å²) in [6.07, 6.45) is 0.111. The van der Waals surface area contributed by atoms with Gasteiger partial charge in [-0.15, -0.1) is 0 Å². The first kappa shape index (κ1) is 14.7. The number of ketones is 1. The molecule has 2 saturated heterocycles. The van der Waals surface area contributed by atoms with Crippen molar-refractivity contribution in [3.05, 3.63) is 40.9 Å². The second-order valence-corrected chi connectivity index (χ2v) is 8.29. The molecule has 3 fully saturated rings. The molecule has 3 aliphatic rings. The van der Waals surface area contributed by atoms with E-state index in [4.69, 9.17) is 4.74 Å². The number of hydrogen-bond acceptors (Lipinski definition) is 4. The number of carbonyl (C=O) groups is 1. The number of benzene rings is 1. The van der Waals surface area contributed by atoms with Gasteiger partial charge in [0, 0.05) is 0 Å². The predicted molar refractivity (Wildman–Crippen MR) is 83.5 cm³/mol.